The summed E-state index contributed by atoms with van der Waals surface area (Å²) in [7, 11) is 0. The largest absolute Gasteiger partial charge is 0.481 e. The molecule has 0 aromatic heterocycles. The highest BCUT2D eigenvalue weighted by atomic mass is 79.9. The van der Waals surface area contributed by atoms with Crippen LogP contribution in [0.5, 0.6) is 0 Å². The number of carboxylic acid groups (broad SMARTS) is 1. The lowest BCUT2D eigenvalue weighted by Crippen LogP contribution is -2.15. The van der Waals surface area contributed by atoms with Crippen LogP contribution in [0.4, 0.5) is 5.69 Å². The van der Waals surface area contributed by atoms with E-state index in [2.05, 4.69) is 27.3 Å². The number of rotatable bonds is 6. The third-order valence-corrected chi connectivity index (χ3v) is 3.19. The second-order valence-electron chi connectivity index (χ2n) is 4.14. The van der Waals surface area contributed by atoms with E-state index in [1.807, 2.05) is 19.1 Å². The quantitative estimate of drug-likeness (QED) is 0.844. The van der Waals surface area contributed by atoms with Crippen molar-refractivity contribution in [3.63, 3.8) is 0 Å². The van der Waals surface area contributed by atoms with Crippen molar-refractivity contribution in [3.05, 3.63) is 28.2 Å². The van der Waals surface area contributed by atoms with Crippen molar-refractivity contribution in [2.45, 2.75) is 32.2 Å². The molecule has 0 heterocycles. The third kappa shape index (κ3) is 4.76. The maximum Gasteiger partial charge on any atom is 0.303 e. The fraction of sp³-hybridized carbons (Fsp3) is 0.385. The molecular formula is C13H15BrN2O2. The van der Waals surface area contributed by atoms with Crippen LogP contribution in [0.3, 0.4) is 0 Å². The second kappa shape index (κ2) is 7.02. The van der Waals surface area contributed by atoms with Crippen LogP contribution >= 0.6 is 15.9 Å². The molecule has 1 unspecified atom stereocenters. The monoisotopic (exact) mass is 310 g/mol. The number of benzene rings is 1. The van der Waals surface area contributed by atoms with E-state index in [1.165, 1.54) is 0 Å². The SMILES string of the molecule is CC(CCCC(=O)O)Nc1ccc(C#N)c(Br)c1. The smallest absolute Gasteiger partial charge is 0.303 e. The molecule has 0 bridgehead atoms. The van der Waals surface area contributed by atoms with Gasteiger partial charge in [0.1, 0.15) is 6.07 Å². The molecule has 4 nitrogen and oxygen atoms in total. The summed E-state index contributed by atoms with van der Waals surface area (Å²) in [4.78, 5) is 10.4. The van der Waals surface area contributed by atoms with E-state index in [-0.39, 0.29) is 12.5 Å². The summed E-state index contributed by atoms with van der Waals surface area (Å²) in [5, 5.41) is 20.6. The molecule has 1 rings (SSSR count). The molecule has 0 aliphatic heterocycles. The average molecular weight is 311 g/mol. The molecule has 18 heavy (non-hydrogen) atoms. The van der Waals surface area contributed by atoms with Gasteiger partial charge in [-0.3, -0.25) is 4.79 Å². The lowest BCUT2D eigenvalue weighted by atomic mass is 10.1. The molecule has 5 heteroatoms. The predicted octanol–water partition coefficient (Wildman–Crippen LogP) is 3.38. The maximum atomic E-state index is 10.4. The second-order valence-corrected chi connectivity index (χ2v) is 4.99. The first-order chi connectivity index (χ1) is 8.52. The van der Waals surface area contributed by atoms with E-state index in [0.717, 1.165) is 16.6 Å². The third-order valence-electron chi connectivity index (χ3n) is 2.53. The summed E-state index contributed by atoms with van der Waals surface area (Å²) in [5.41, 5.74) is 1.52. The molecule has 0 radical (unpaired) electrons. The van der Waals surface area contributed by atoms with Gasteiger partial charge in [0.15, 0.2) is 0 Å². The molecule has 0 fully saturated rings. The molecule has 1 aromatic rings. The highest BCUT2D eigenvalue weighted by Crippen LogP contribution is 2.21. The highest BCUT2D eigenvalue weighted by molar-refractivity contribution is 9.10. The lowest BCUT2D eigenvalue weighted by molar-refractivity contribution is -0.137. The first kappa shape index (κ1) is 14.5. The van der Waals surface area contributed by atoms with Crippen molar-refractivity contribution in [2.75, 3.05) is 5.32 Å². The Balaban J connectivity index is 2.49. The van der Waals surface area contributed by atoms with E-state index >= 15 is 0 Å². The molecule has 1 aromatic carbocycles. The number of carboxylic acids is 1. The van der Waals surface area contributed by atoms with Gasteiger partial charge < -0.3 is 10.4 Å². The van der Waals surface area contributed by atoms with Gasteiger partial charge in [0.2, 0.25) is 0 Å². The molecule has 0 amide bonds. The predicted molar refractivity (Wildman–Crippen MR) is 73.4 cm³/mol. The van der Waals surface area contributed by atoms with Crippen LogP contribution in [-0.2, 0) is 4.79 Å². The van der Waals surface area contributed by atoms with Gasteiger partial charge in [0, 0.05) is 22.6 Å². The molecule has 96 valence electrons. The zero-order valence-corrected chi connectivity index (χ0v) is 11.7. The number of nitrogens with one attached hydrogen (secondary N) is 1. The van der Waals surface area contributed by atoms with Crippen molar-refractivity contribution >= 4 is 27.6 Å². The summed E-state index contributed by atoms with van der Waals surface area (Å²) in [6.07, 6.45) is 1.65. The van der Waals surface area contributed by atoms with E-state index in [9.17, 15) is 4.79 Å². The van der Waals surface area contributed by atoms with Gasteiger partial charge in [-0.05, 0) is 53.9 Å². The lowest BCUT2D eigenvalue weighted by Gasteiger charge is -2.15. The van der Waals surface area contributed by atoms with Gasteiger partial charge in [-0.25, -0.2) is 0 Å². The van der Waals surface area contributed by atoms with E-state index in [1.54, 1.807) is 6.07 Å². The normalized spacial score (nSPS) is 11.6. The number of anilines is 1. The topological polar surface area (TPSA) is 73.1 Å². The molecule has 2 N–H and O–H groups in total. The van der Waals surface area contributed by atoms with Crippen LogP contribution in [-0.4, -0.2) is 17.1 Å². The Kier molecular flexibility index (Phi) is 5.66. The van der Waals surface area contributed by atoms with E-state index in [0.29, 0.717) is 12.0 Å². The van der Waals surface area contributed by atoms with Crippen molar-refractivity contribution < 1.29 is 9.90 Å². The van der Waals surface area contributed by atoms with Gasteiger partial charge >= 0.3 is 5.97 Å². The van der Waals surface area contributed by atoms with E-state index < -0.39 is 5.97 Å². The molecule has 0 aliphatic carbocycles. The van der Waals surface area contributed by atoms with Crippen molar-refractivity contribution in [2.24, 2.45) is 0 Å². The van der Waals surface area contributed by atoms with Gasteiger partial charge in [0.25, 0.3) is 0 Å². The average Bonchev–Trinajstić information content (AvgIpc) is 2.28. The van der Waals surface area contributed by atoms with Gasteiger partial charge in [-0.15, -0.1) is 0 Å². The summed E-state index contributed by atoms with van der Waals surface area (Å²) >= 11 is 3.33. The molecule has 0 aliphatic rings. The molecular weight excluding hydrogens is 296 g/mol. The Morgan fingerprint density at radius 3 is 2.89 bits per heavy atom. The van der Waals surface area contributed by atoms with Gasteiger partial charge in [0.05, 0.1) is 5.56 Å². The maximum absolute atomic E-state index is 10.4. The molecule has 0 saturated carbocycles. The Labute approximate surface area is 115 Å². The fourth-order valence-electron chi connectivity index (χ4n) is 1.61. The molecule has 1 atom stereocenters. The van der Waals surface area contributed by atoms with Gasteiger partial charge in [-0.1, -0.05) is 0 Å². The summed E-state index contributed by atoms with van der Waals surface area (Å²) in [5.74, 6) is -0.761. The van der Waals surface area contributed by atoms with Crippen LogP contribution in [0.15, 0.2) is 22.7 Å². The van der Waals surface area contributed by atoms with Gasteiger partial charge in [-0.2, -0.15) is 5.26 Å². The number of hydrogen-bond acceptors (Lipinski definition) is 3. The number of nitriles is 1. The Morgan fingerprint density at radius 2 is 2.33 bits per heavy atom. The Bertz CT molecular complexity index is 469. The van der Waals surface area contributed by atoms with E-state index in [4.69, 9.17) is 10.4 Å². The Morgan fingerprint density at radius 1 is 1.61 bits per heavy atom. The van der Waals surface area contributed by atoms with Crippen LogP contribution in [0.1, 0.15) is 31.7 Å². The first-order valence-electron chi connectivity index (χ1n) is 5.71. The minimum Gasteiger partial charge on any atom is -0.481 e. The number of halogens is 1. The van der Waals surface area contributed by atoms with Crippen molar-refractivity contribution in [3.8, 4) is 6.07 Å². The van der Waals surface area contributed by atoms with Crippen LogP contribution < -0.4 is 5.32 Å². The summed E-state index contributed by atoms with van der Waals surface area (Å²) < 4.78 is 0.757. The first-order valence-corrected chi connectivity index (χ1v) is 6.50. The number of hydrogen-bond donors (Lipinski definition) is 2. The summed E-state index contributed by atoms with van der Waals surface area (Å²) in [6.45, 7) is 2.01. The van der Waals surface area contributed by atoms with Crippen molar-refractivity contribution in [1.82, 2.24) is 0 Å². The molecule has 0 spiro atoms. The minimum atomic E-state index is -0.761. The zero-order valence-electron chi connectivity index (χ0n) is 10.1. The minimum absolute atomic E-state index is 0.198. The van der Waals surface area contributed by atoms with Crippen LogP contribution in [0.25, 0.3) is 0 Å². The number of nitrogens with zero attached hydrogens (tertiary/aromatic N) is 1. The van der Waals surface area contributed by atoms with Crippen LogP contribution in [0.2, 0.25) is 0 Å². The Hall–Kier alpha value is -1.54. The molecule has 0 saturated heterocycles. The highest BCUT2D eigenvalue weighted by Gasteiger charge is 2.06. The van der Waals surface area contributed by atoms with Crippen LogP contribution in [0, 0.1) is 11.3 Å². The van der Waals surface area contributed by atoms with Crippen molar-refractivity contribution in [1.29, 1.82) is 5.26 Å². The standard InChI is InChI=1S/C13H15BrN2O2/c1-9(3-2-4-13(17)18)16-11-6-5-10(8-15)12(14)7-11/h5-7,9,16H,2-4H2,1H3,(H,17,18). The fourth-order valence-corrected chi connectivity index (χ4v) is 2.08. The zero-order chi connectivity index (χ0) is 13.5. The number of aliphatic carboxylic acids is 1. The number of carbonyl (C=O) groups is 1. The summed E-state index contributed by atoms with van der Waals surface area (Å²) in [6, 6.07) is 7.73.